The van der Waals surface area contributed by atoms with Crippen molar-refractivity contribution in [3.05, 3.63) is 30.1 Å². The van der Waals surface area contributed by atoms with E-state index < -0.39 is 29.8 Å². The Hall–Kier alpha value is -2.97. The highest BCUT2D eigenvalue weighted by molar-refractivity contribution is 5.99. The number of carbonyl (C=O) groups is 4. The first-order chi connectivity index (χ1) is 12.4. The molecule has 1 atom stereocenters. The summed E-state index contributed by atoms with van der Waals surface area (Å²) in [4.78, 5) is 47.2. The number of aliphatic carboxylic acids is 1. The molecule has 1 rings (SSSR count). The van der Waals surface area contributed by atoms with Gasteiger partial charge in [-0.2, -0.15) is 0 Å². The van der Waals surface area contributed by atoms with E-state index in [1.807, 2.05) is 0 Å². The summed E-state index contributed by atoms with van der Waals surface area (Å²) in [7, 11) is 0. The number of rotatable bonds is 8. The zero-order chi connectivity index (χ0) is 19.9. The molecule has 0 fully saturated rings. The summed E-state index contributed by atoms with van der Waals surface area (Å²) in [6, 6.07) is 2.96. The minimum Gasteiger partial charge on any atom is -0.480 e. The summed E-state index contributed by atoms with van der Waals surface area (Å²) in [5.74, 6) is -4.32. The lowest BCUT2D eigenvalue weighted by Gasteiger charge is -2.10. The molecule has 0 amide bonds. The maximum absolute atomic E-state index is 11.4. The number of hydrogen-bond acceptors (Lipinski definition) is 8. The lowest BCUT2D eigenvalue weighted by atomic mass is 10.0. The van der Waals surface area contributed by atoms with E-state index in [9.17, 15) is 19.2 Å². The highest BCUT2D eigenvalue weighted by Gasteiger charge is 2.29. The van der Waals surface area contributed by atoms with Gasteiger partial charge in [0.2, 0.25) is 0 Å². The summed E-state index contributed by atoms with van der Waals surface area (Å²) >= 11 is 0. The number of carboxylic acids is 1. The van der Waals surface area contributed by atoms with Gasteiger partial charge in [0, 0.05) is 12.4 Å². The molecular weight excluding hydrogens is 346 g/mol. The van der Waals surface area contributed by atoms with Gasteiger partial charge in [0.15, 0.2) is 5.92 Å². The number of hydrogen-bond donors (Lipinski definition) is 1. The fourth-order valence-electron chi connectivity index (χ4n) is 1.70. The third kappa shape index (κ3) is 9.36. The molecular formula is C17H23NO8. The average Bonchev–Trinajstić information content (AvgIpc) is 2.56. The van der Waals surface area contributed by atoms with E-state index in [0.29, 0.717) is 5.56 Å². The van der Waals surface area contributed by atoms with Crippen molar-refractivity contribution < 1.29 is 38.5 Å². The van der Waals surface area contributed by atoms with Crippen molar-refractivity contribution in [2.75, 3.05) is 19.8 Å². The van der Waals surface area contributed by atoms with E-state index in [4.69, 9.17) is 5.11 Å². The molecule has 1 aromatic heterocycles. The van der Waals surface area contributed by atoms with Crippen LogP contribution in [-0.4, -0.2) is 53.8 Å². The second kappa shape index (κ2) is 13.3. The van der Waals surface area contributed by atoms with E-state index in [1.54, 1.807) is 20.8 Å². The van der Waals surface area contributed by atoms with E-state index in [-0.39, 0.29) is 26.2 Å². The fourth-order valence-corrected chi connectivity index (χ4v) is 1.70. The van der Waals surface area contributed by atoms with E-state index in [1.165, 1.54) is 24.5 Å². The van der Waals surface area contributed by atoms with Gasteiger partial charge in [-0.05, 0) is 38.5 Å². The van der Waals surface area contributed by atoms with Crippen molar-refractivity contribution >= 4 is 23.9 Å². The van der Waals surface area contributed by atoms with Crippen molar-refractivity contribution in [1.29, 1.82) is 0 Å². The first-order valence-electron chi connectivity index (χ1n) is 7.97. The van der Waals surface area contributed by atoms with Gasteiger partial charge in [0.1, 0.15) is 6.42 Å². The molecule has 1 heterocycles. The van der Waals surface area contributed by atoms with E-state index in [0.717, 1.165) is 0 Å². The van der Waals surface area contributed by atoms with Crippen molar-refractivity contribution in [1.82, 2.24) is 4.98 Å². The second-order valence-corrected chi connectivity index (χ2v) is 4.59. The maximum atomic E-state index is 11.4. The molecule has 144 valence electrons. The number of esters is 3. The number of carbonyl (C=O) groups excluding carboxylic acids is 3. The second-order valence-electron chi connectivity index (χ2n) is 4.59. The fraction of sp³-hybridized carbons (Fsp3) is 0.471. The Labute approximate surface area is 151 Å². The number of nitrogens with zero attached hydrogens (tertiary/aromatic N) is 1. The molecule has 0 spiro atoms. The minimum absolute atomic E-state index is 0.160. The Bertz CT molecular complexity index is 572. The van der Waals surface area contributed by atoms with Crippen LogP contribution in [-0.2, 0) is 33.4 Å². The lowest BCUT2D eigenvalue weighted by Crippen LogP contribution is -2.23. The molecule has 0 radical (unpaired) electrons. The van der Waals surface area contributed by atoms with Gasteiger partial charge in [-0.1, -0.05) is 0 Å². The van der Waals surface area contributed by atoms with Gasteiger partial charge in [-0.3, -0.25) is 24.2 Å². The Balaban J connectivity index is 0.000000508. The van der Waals surface area contributed by atoms with Gasteiger partial charge < -0.3 is 19.3 Å². The Kier molecular flexibility index (Phi) is 11.8. The zero-order valence-electron chi connectivity index (χ0n) is 15.0. The molecule has 0 aliphatic heterocycles. The summed E-state index contributed by atoms with van der Waals surface area (Å²) in [6.45, 7) is 5.74. The largest absolute Gasteiger partial charge is 0.480 e. The maximum Gasteiger partial charge on any atom is 0.324 e. The van der Waals surface area contributed by atoms with Crippen LogP contribution in [0.3, 0.4) is 0 Å². The van der Waals surface area contributed by atoms with Crippen LogP contribution in [0.2, 0.25) is 0 Å². The van der Waals surface area contributed by atoms with Gasteiger partial charge in [0.05, 0.1) is 19.8 Å². The van der Waals surface area contributed by atoms with Crippen LogP contribution in [0.4, 0.5) is 0 Å². The molecule has 26 heavy (non-hydrogen) atoms. The Morgan fingerprint density at radius 1 is 0.923 bits per heavy atom. The smallest absolute Gasteiger partial charge is 0.324 e. The topological polar surface area (TPSA) is 129 Å². The van der Waals surface area contributed by atoms with Crippen LogP contribution in [0.5, 0.6) is 0 Å². The minimum atomic E-state index is -1.27. The number of aromatic nitrogens is 1. The van der Waals surface area contributed by atoms with Gasteiger partial charge >= 0.3 is 23.9 Å². The normalized spacial score (nSPS) is 10.6. The van der Waals surface area contributed by atoms with Gasteiger partial charge in [0.25, 0.3) is 0 Å². The molecule has 0 aromatic carbocycles. The molecule has 1 aromatic rings. The standard InChI is InChI=1S/C10H11NO4.C7H12O4/c1-2-15-10(14)8(9(12)13)7-3-5-11-6-4-7;1-3-10-6(8)5-7(9)11-4-2/h3-6,8H,2H2,1H3,(H,12,13);3-5H2,1-2H3. The quantitative estimate of drug-likeness (QED) is 0.409. The first-order valence-corrected chi connectivity index (χ1v) is 7.97. The van der Waals surface area contributed by atoms with Crippen molar-refractivity contribution in [2.45, 2.75) is 33.1 Å². The molecule has 0 saturated heterocycles. The third-order valence-electron chi connectivity index (χ3n) is 2.71. The summed E-state index contributed by atoms with van der Waals surface area (Å²) in [5, 5.41) is 8.90. The predicted octanol–water partition coefficient (Wildman–Crippen LogP) is 1.32. The highest BCUT2D eigenvalue weighted by atomic mass is 16.6. The molecule has 0 aliphatic carbocycles. The van der Waals surface area contributed by atoms with Crippen LogP contribution >= 0.6 is 0 Å². The lowest BCUT2D eigenvalue weighted by molar-refractivity contribution is -0.155. The number of ether oxygens (including phenoxy) is 3. The van der Waals surface area contributed by atoms with Gasteiger partial charge in [-0.25, -0.2) is 0 Å². The number of pyridine rings is 1. The number of carboxylic acid groups (broad SMARTS) is 1. The van der Waals surface area contributed by atoms with Gasteiger partial charge in [-0.15, -0.1) is 0 Å². The van der Waals surface area contributed by atoms with Crippen LogP contribution in [0, 0.1) is 0 Å². The van der Waals surface area contributed by atoms with Crippen molar-refractivity contribution in [3.8, 4) is 0 Å². The Morgan fingerprint density at radius 2 is 1.38 bits per heavy atom. The summed E-state index contributed by atoms with van der Waals surface area (Å²) in [6.07, 6.45) is 2.58. The van der Waals surface area contributed by atoms with E-state index >= 15 is 0 Å². The summed E-state index contributed by atoms with van der Waals surface area (Å²) in [5.41, 5.74) is 0.371. The monoisotopic (exact) mass is 369 g/mol. The van der Waals surface area contributed by atoms with E-state index in [2.05, 4.69) is 19.2 Å². The van der Waals surface area contributed by atoms with Crippen LogP contribution < -0.4 is 0 Å². The molecule has 0 saturated carbocycles. The van der Waals surface area contributed by atoms with Crippen LogP contribution in [0.1, 0.15) is 38.7 Å². The summed E-state index contributed by atoms with van der Waals surface area (Å²) < 4.78 is 13.7. The SMILES string of the molecule is CCOC(=O)C(C(=O)O)c1ccncc1.CCOC(=O)CC(=O)OCC. The van der Waals surface area contributed by atoms with Crippen LogP contribution in [0.25, 0.3) is 0 Å². The molecule has 1 unspecified atom stereocenters. The molecule has 9 nitrogen and oxygen atoms in total. The highest BCUT2D eigenvalue weighted by Crippen LogP contribution is 2.16. The zero-order valence-corrected chi connectivity index (χ0v) is 15.0. The first kappa shape index (κ1) is 23.0. The third-order valence-corrected chi connectivity index (χ3v) is 2.71. The average molecular weight is 369 g/mol. The molecule has 0 bridgehead atoms. The van der Waals surface area contributed by atoms with Crippen molar-refractivity contribution in [2.24, 2.45) is 0 Å². The molecule has 0 aliphatic rings. The van der Waals surface area contributed by atoms with Crippen LogP contribution in [0.15, 0.2) is 24.5 Å². The predicted molar refractivity (Wildman–Crippen MR) is 89.1 cm³/mol. The Morgan fingerprint density at radius 3 is 1.77 bits per heavy atom. The molecule has 1 N–H and O–H groups in total. The van der Waals surface area contributed by atoms with Crippen molar-refractivity contribution in [3.63, 3.8) is 0 Å². The molecule has 9 heteroatoms.